The van der Waals surface area contributed by atoms with Crippen molar-refractivity contribution in [1.29, 1.82) is 0 Å². The average molecular weight is 1190 g/mol. The summed E-state index contributed by atoms with van der Waals surface area (Å²) < 4.78 is 27.3. The van der Waals surface area contributed by atoms with Crippen LogP contribution in [0.2, 0.25) is 5.02 Å². The Balaban J connectivity index is 0.794. The molecule has 438 valence electrons. The summed E-state index contributed by atoms with van der Waals surface area (Å²) >= 11 is 8.04. The number of carboxylic acid groups (broad SMARTS) is 1. The first-order chi connectivity index (χ1) is 41.0. The quantitative estimate of drug-likeness (QED) is 0.0923. The lowest BCUT2D eigenvalue weighted by atomic mass is 9.85. The minimum absolute atomic E-state index is 0.00118. The highest BCUT2D eigenvalue weighted by molar-refractivity contribution is 7.22. The number of ether oxygens (including phenoxy) is 1. The molecule has 8 aromatic rings. The third kappa shape index (κ3) is 11.1. The molecule has 24 heteroatoms. The number of carbonyl (C=O) groups excluding carboxylic acids is 6. The smallest absolute Gasteiger partial charge is 0.322 e. The van der Waals surface area contributed by atoms with Gasteiger partial charge in [-0.3, -0.25) is 47.8 Å². The maximum atomic E-state index is 16.2. The number of rotatable bonds is 14. The normalized spacial score (nSPS) is 18.3. The number of halogens is 2. The molecule has 0 bridgehead atoms. The molecule has 0 saturated carbocycles. The van der Waals surface area contributed by atoms with Crippen LogP contribution in [0.1, 0.15) is 55.2 Å². The number of carbonyl (C=O) groups is 7. The van der Waals surface area contributed by atoms with E-state index in [0.717, 1.165) is 15.8 Å². The number of nitrogens with one attached hydrogen (secondary N) is 3. The molecule has 4 N–H and O–H groups in total. The Hall–Kier alpha value is -8.80. The molecule has 85 heavy (non-hydrogen) atoms. The van der Waals surface area contributed by atoms with Crippen LogP contribution in [-0.4, -0.2) is 168 Å². The number of aliphatic carboxylic acids is 1. The number of aryl methyl sites for hydroxylation is 1. The lowest BCUT2D eigenvalue weighted by molar-refractivity contribution is -0.160. The molecule has 4 aliphatic heterocycles. The summed E-state index contributed by atoms with van der Waals surface area (Å²) in [5, 5.41) is 28.4. The molecule has 12 rings (SSSR count). The summed E-state index contributed by atoms with van der Waals surface area (Å²) in [6, 6.07) is 28.1. The minimum Gasteiger partial charge on any atom is -0.480 e. The topological polar surface area (TPSA) is 247 Å². The summed E-state index contributed by atoms with van der Waals surface area (Å²) in [5.74, 6) is -4.36. The van der Waals surface area contributed by atoms with Gasteiger partial charge in [0.1, 0.15) is 35.7 Å². The molecule has 2 atom stereocenters. The van der Waals surface area contributed by atoms with E-state index in [1.807, 2.05) is 83.6 Å². The molecular formula is C61H60ClFN12O9S. The van der Waals surface area contributed by atoms with Crippen molar-refractivity contribution in [3.63, 3.8) is 0 Å². The van der Waals surface area contributed by atoms with Crippen LogP contribution < -0.4 is 20.7 Å². The van der Waals surface area contributed by atoms with Gasteiger partial charge in [0.2, 0.25) is 29.5 Å². The summed E-state index contributed by atoms with van der Waals surface area (Å²) in [7, 11) is 3.65. The molecule has 5 aromatic carbocycles. The van der Waals surface area contributed by atoms with Gasteiger partial charge < -0.3 is 40.5 Å². The number of hydrogen-bond donors (Lipinski definition) is 4. The molecule has 3 saturated heterocycles. The number of amides is 6. The second kappa shape index (κ2) is 23.3. The lowest BCUT2D eigenvalue weighted by Gasteiger charge is -2.47. The number of fused-ring (bicyclic) bond motifs is 4. The maximum Gasteiger partial charge on any atom is 0.322 e. The van der Waals surface area contributed by atoms with Gasteiger partial charge in [0, 0.05) is 100 Å². The van der Waals surface area contributed by atoms with E-state index in [4.69, 9.17) is 31.5 Å². The van der Waals surface area contributed by atoms with Crippen LogP contribution in [0.3, 0.4) is 0 Å². The highest BCUT2D eigenvalue weighted by atomic mass is 35.5. The SMILES string of the molecule is CN1CCN(C(=O)C2(Oc3ccccc3-c3nc4cccc(Cl)c4s3)CCN(C(=O)[C@H]3CC(=O)Nc4ccccc43)CC2)CC1C(=O)N1CCC(c2nn(CC(=O)NCC(=O)NCC(=O)O)c3cccc(-c4cc5c(cnn5C)cc4F)c23)CC1. The number of piperazine rings is 1. The molecule has 3 fully saturated rings. The number of hydrogen-bond acceptors (Lipinski definition) is 13. The Bertz CT molecular complexity index is 4000. The van der Waals surface area contributed by atoms with Crippen molar-refractivity contribution < 1.29 is 47.8 Å². The van der Waals surface area contributed by atoms with Crippen molar-refractivity contribution >= 4 is 102 Å². The molecule has 4 aliphatic rings. The van der Waals surface area contributed by atoms with Gasteiger partial charge in [-0.25, -0.2) is 9.37 Å². The number of thiazole rings is 1. The van der Waals surface area contributed by atoms with Crippen molar-refractivity contribution in [2.75, 3.05) is 71.3 Å². The van der Waals surface area contributed by atoms with E-state index < -0.39 is 54.3 Å². The molecular weight excluding hydrogens is 1130 g/mol. The summed E-state index contributed by atoms with van der Waals surface area (Å²) in [4.78, 5) is 107. The molecule has 6 amide bonds. The summed E-state index contributed by atoms with van der Waals surface area (Å²) in [5.41, 5.74) is 3.98. The van der Waals surface area contributed by atoms with E-state index in [9.17, 15) is 28.8 Å². The Kier molecular flexibility index (Phi) is 15.6. The maximum absolute atomic E-state index is 16.2. The first-order valence-electron chi connectivity index (χ1n) is 28.2. The first kappa shape index (κ1) is 56.7. The first-order valence-corrected chi connectivity index (χ1v) is 29.4. The number of benzene rings is 5. The van der Waals surface area contributed by atoms with E-state index in [-0.39, 0.29) is 75.0 Å². The van der Waals surface area contributed by atoms with Crippen molar-refractivity contribution in [2.45, 2.75) is 62.1 Å². The van der Waals surface area contributed by atoms with Crippen LogP contribution in [0, 0.1) is 5.82 Å². The van der Waals surface area contributed by atoms with E-state index in [1.165, 1.54) is 22.1 Å². The second-order valence-electron chi connectivity index (χ2n) is 22.1. The molecule has 1 unspecified atom stereocenters. The Morgan fingerprint density at radius 1 is 0.800 bits per heavy atom. The molecule has 0 aliphatic carbocycles. The van der Waals surface area contributed by atoms with Gasteiger partial charge in [0.15, 0.2) is 5.60 Å². The fourth-order valence-electron chi connectivity index (χ4n) is 12.3. The number of likely N-dealkylation sites (N-methyl/N-ethyl adjacent to an activating group) is 1. The molecule has 0 radical (unpaired) electrons. The fraction of sp³-hybridized carbons (Fsp3) is 0.344. The minimum atomic E-state index is -1.47. The van der Waals surface area contributed by atoms with Gasteiger partial charge in [-0.1, -0.05) is 60.1 Å². The summed E-state index contributed by atoms with van der Waals surface area (Å²) in [6.45, 7) is 0.397. The van der Waals surface area contributed by atoms with Crippen LogP contribution in [-0.2, 0) is 47.2 Å². The van der Waals surface area contributed by atoms with Gasteiger partial charge in [0.05, 0.1) is 56.2 Å². The number of nitrogens with zero attached hydrogens (tertiary/aromatic N) is 9. The summed E-state index contributed by atoms with van der Waals surface area (Å²) in [6.07, 6.45) is 2.78. The number of piperidine rings is 2. The second-order valence-corrected chi connectivity index (χ2v) is 23.5. The van der Waals surface area contributed by atoms with Gasteiger partial charge in [-0.05, 0) is 79.5 Å². The van der Waals surface area contributed by atoms with Crippen LogP contribution in [0.5, 0.6) is 5.75 Å². The molecule has 0 spiro atoms. The van der Waals surface area contributed by atoms with E-state index in [2.05, 4.69) is 21.0 Å². The predicted molar refractivity (Wildman–Crippen MR) is 316 cm³/mol. The molecule has 3 aromatic heterocycles. The monoisotopic (exact) mass is 1190 g/mol. The van der Waals surface area contributed by atoms with E-state index in [1.54, 1.807) is 52.0 Å². The highest BCUT2D eigenvalue weighted by Gasteiger charge is 2.50. The third-order valence-electron chi connectivity index (χ3n) is 16.9. The van der Waals surface area contributed by atoms with Crippen LogP contribution in [0.4, 0.5) is 10.1 Å². The Morgan fingerprint density at radius 2 is 1.53 bits per heavy atom. The van der Waals surface area contributed by atoms with Gasteiger partial charge in [-0.15, -0.1) is 11.3 Å². The Labute approximate surface area is 495 Å². The van der Waals surface area contributed by atoms with Crippen molar-refractivity contribution in [3.8, 4) is 27.4 Å². The number of likely N-dealkylation sites (tertiary alicyclic amines) is 2. The van der Waals surface area contributed by atoms with Crippen molar-refractivity contribution in [2.24, 2.45) is 7.05 Å². The largest absolute Gasteiger partial charge is 0.480 e. The number of carboxylic acids is 1. The average Bonchev–Trinajstić information content (AvgIpc) is 3.72. The van der Waals surface area contributed by atoms with Crippen LogP contribution in [0.25, 0.3) is 53.7 Å². The fourth-order valence-corrected chi connectivity index (χ4v) is 13.6. The lowest BCUT2D eigenvalue weighted by Crippen LogP contribution is -2.65. The number of anilines is 1. The molecule has 21 nitrogen and oxygen atoms in total. The van der Waals surface area contributed by atoms with Crippen LogP contribution in [0.15, 0.2) is 103 Å². The zero-order valence-corrected chi connectivity index (χ0v) is 48.1. The Morgan fingerprint density at radius 3 is 2.32 bits per heavy atom. The standard InChI is InChI=1S/C61H60ClFN12O9S/c1-70-25-26-74(60(83)61(84-49-16-6-4-10-39(49)57-68-45-14-8-12-42(62)56(45)85-57)19-23-73(24-20-61)58(81)41-29-50(76)67-44-13-5-3-9-37(41)44)33-48(70)59(82)72-21-17-35(18-22-72)55-54-38(40-28-47-36(27-43(40)63)30-66-71(47)2)11-7-15-46(54)75(69-55)34-52(78)64-31-51(77)65-32-53(79)80/h3-16,27-28,30,35,41,48H,17-26,29,31-34H2,1-2H3,(H,64,78)(H,65,77)(H,67,76)(H,79,80)/t41-,48?/m0/s1. The zero-order chi connectivity index (χ0) is 59.3. The van der Waals surface area contributed by atoms with Gasteiger partial charge >= 0.3 is 5.97 Å². The van der Waals surface area contributed by atoms with Gasteiger partial charge in [0.25, 0.3) is 5.91 Å². The van der Waals surface area contributed by atoms with Crippen molar-refractivity contribution in [1.82, 2.24) is 54.8 Å². The van der Waals surface area contributed by atoms with E-state index in [0.29, 0.717) is 105 Å². The number of para-hydroxylation sites is 2. The van der Waals surface area contributed by atoms with Gasteiger partial charge in [-0.2, -0.15) is 10.2 Å². The zero-order valence-electron chi connectivity index (χ0n) is 46.6. The third-order valence-corrected chi connectivity index (χ3v) is 18.4. The van der Waals surface area contributed by atoms with Crippen LogP contribution >= 0.6 is 22.9 Å². The molecule has 7 heterocycles. The van der Waals surface area contributed by atoms with E-state index >= 15 is 9.18 Å². The predicted octanol–water partition coefficient (Wildman–Crippen LogP) is 6.39. The highest BCUT2D eigenvalue weighted by Crippen LogP contribution is 2.44. The van der Waals surface area contributed by atoms with Crippen molar-refractivity contribution in [3.05, 3.63) is 125 Å². The number of aromatic nitrogens is 5.